The van der Waals surface area contributed by atoms with Gasteiger partial charge in [0, 0.05) is 32.0 Å². The molecule has 8 heteroatoms. The van der Waals surface area contributed by atoms with Gasteiger partial charge in [-0.2, -0.15) is 0 Å². The van der Waals surface area contributed by atoms with E-state index in [0.29, 0.717) is 20.8 Å². The van der Waals surface area contributed by atoms with Gasteiger partial charge in [-0.15, -0.1) is 21.5 Å². The summed E-state index contributed by atoms with van der Waals surface area (Å²) in [5.41, 5.74) is 0.511. The maximum atomic E-state index is 12.8. The van der Waals surface area contributed by atoms with Crippen LogP contribution in [0.4, 0.5) is 0 Å². The Hall–Kier alpha value is -1.11. The Morgan fingerprint density at radius 1 is 1.16 bits per heavy atom. The molecule has 1 unspecified atom stereocenters. The zero-order chi connectivity index (χ0) is 17.4. The summed E-state index contributed by atoms with van der Waals surface area (Å²) in [6.07, 6.45) is 6.62. The van der Waals surface area contributed by atoms with Gasteiger partial charge in [0.1, 0.15) is 16.0 Å². The van der Waals surface area contributed by atoms with E-state index in [9.17, 15) is 4.79 Å². The minimum atomic E-state index is -0.0338. The van der Waals surface area contributed by atoms with E-state index in [0.717, 1.165) is 44.0 Å². The van der Waals surface area contributed by atoms with Crippen LogP contribution in [0.2, 0.25) is 8.67 Å². The molecule has 0 aromatic carbocycles. The molecule has 4 heterocycles. The highest BCUT2D eigenvalue weighted by Crippen LogP contribution is 2.34. The van der Waals surface area contributed by atoms with Crippen molar-refractivity contribution >= 4 is 40.4 Å². The van der Waals surface area contributed by atoms with E-state index in [2.05, 4.69) is 14.8 Å². The van der Waals surface area contributed by atoms with Crippen LogP contribution in [0, 0.1) is 0 Å². The Labute approximate surface area is 160 Å². The van der Waals surface area contributed by atoms with Crippen LogP contribution in [0.3, 0.4) is 0 Å². The maximum Gasteiger partial charge on any atom is 0.256 e. The molecule has 0 saturated carbocycles. The summed E-state index contributed by atoms with van der Waals surface area (Å²) < 4.78 is 3.30. The largest absolute Gasteiger partial charge is 0.338 e. The van der Waals surface area contributed by atoms with E-state index in [-0.39, 0.29) is 11.8 Å². The number of fused-ring (bicyclic) bond motifs is 1. The van der Waals surface area contributed by atoms with Gasteiger partial charge in [-0.05, 0) is 31.7 Å². The molecule has 2 aromatic rings. The number of aryl methyl sites for hydroxylation is 1. The summed E-state index contributed by atoms with van der Waals surface area (Å²) in [6, 6.07) is 1.67. The third-order valence-electron chi connectivity index (χ3n) is 5.10. The van der Waals surface area contributed by atoms with Crippen molar-refractivity contribution in [2.75, 3.05) is 13.1 Å². The lowest BCUT2D eigenvalue weighted by Gasteiger charge is -2.32. The van der Waals surface area contributed by atoms with Crippen LogP contribution in [-0.2, 0) is 13.0 Å². The van der Waals surface area contributed by atoms with E-state index in [4.69, 9.17) is 23.2 Å². The van der Waals surface area contributed by atoms with Crippen LogP contribution >= 0.6 is 34.5 Å². The molecule has 0 spiro atoms. The SMILES string of the molecule is O=C(c1cc(Cl)sc1Cl)N1CCCC(c2nnc3n2CCCCC3)C1. The zero-order valence-electron chi connectivity index (χ0n) is 13.9. The number of thiophene rings is 1. The van der Waals surface area contributed by atoms with Crippen LogP contribution in [0.5, 0.6) is 0 Å². The van der Waals surface area contributed by atoms with Gasteiger partial charge in [0.2, 0.25) is 0 Å². The summed E-state index contributed by atoms with van der Waals surface area (Å²) in [6.45, 7) is 2.41. The smallest absolute Gasteiger partial charge is 0.256 e. The minimum absolute atomic E-state index is 0.0338. The van der Waals surface area contributed by atoms with Crippen molar-refractivity contribution in [3.05, 3.63) is 32.0 Å². The van der Waals surface area contributed by atoms with Crippen molar-refractivity contribution in [1.29, 1.82) is 0 Å². The fourth-order valence-corrected chi connectivity index (χ4v) is 5.29. The summed E-state index contributed by atoms with van der Waals surface area (Å²) in [7, 11) is 0. The molecule has 0 bridgehead atoms. The Bertz CT molecular complexity index is 788. The second kappa shape index (κ2) is 7.25. The molecule has 134 valence electrons. The first-order valence-corrected chi connectivity index (χ1v) is 10.4. The van der Waals surface area contributed by atoms with Crippen molar-refractivity contribution in [1.82, 2.24) is 19.7 Å². The molecule has 1 amide bonds. The number of hydrogen-bond donors (Lipinski definition) is 0. The van der Waals surface area contributed by atoms with Crippen LogP contribution < -0.4 is 0 Å². The van der Waals surface area contributed by atoms with Gasteiger partial charge < -0.3 is 9.47 Å². The van der Waals surface area contributed by atoms with E-state index >= 15 is 0 Å². The third-order valence-corrected chi connectivity index (χ3v) is 6.59. The number of piperidine rings is 1. The molecule has 25 heavy (non-hydrogen) atoms. The topological polar surface area (TPSA) is 51.0 Å². The normalized spacial score (nSPS) is 21.0. The van der Waals surface area contributed by atoms with E-state index in [1.165, 1.54) is 30.6 Å². The number of carbonyl (C=O) groups is 1. The fourth-order valence-electron chi connectivity index (χ4n) is 3.84. The molecule has 1 atom stereocenters. The number of amides is 1. The fraction of sp³-hybridized carbons (Fsp3) is 0.588. The van der Waals surface area contributed by atoms with E-state index in [1.807, 2.05) is 4.90 Å². The molecule has 4 rings (SSSR count). The second-order valence-corrected chi connectivity index (χ2v) is 9.05. The average Bonchev–Trinajstić information content (AvgIpc) is 3.08. The number of hydrogen-bond acceptors (Lipinski definition) is 4. The number of halogens is 2. The molecular formula is C17H20Cl2N4OS. The second-order valence-electron chi connectivity index (χ2n) is 6.76. The number of likely N-dealkylation sites (tertiary alicyclic amines) is 1. The van der Waals surface area contributed by atoms with Crippen molar-refractivity contribution in [3.63, 3.8) is 0 Å². The first-order chi connectivity index (χ1) is 12.1. The Morgan fingerprint density at radius 2 is 2.04 bits per heavy atom. The van der Waals surface area contributed by atoms with Gasteiger partial charge in [0.25, 0.3) is 5.91 Å². The third kappa shape index (κ3) is 3.44. The van der Waals surface area contributed by atoms with Crippen LogP contribution in [0.25, 0.3) is 0 Å². The highest BCUT2D eigenvalue weighted by atomic mass is 35.5. The number of nitrogens with zero attached hydrogens (tertiary/aromatic N) is 4. The van der Waals surface area contributed by atoms with Gasteiger partial charge in [-0.3, -0.25) is 4.79 Å². The zero-order valence-corrected chi connectivity index (χ0v) is 16.2. The van der Waals surface area contributed by atoms with Crippen molar-refractivity contribution in [2.45, 2.75) is 51.0 Å². The molecule has 0 radical (unpaired) electrons. The monoisotopic (exact) mass is 398 g/mol. The Balaban J connectivity index is 1.54. The molecular weight excluding hydrogens is 379 g/mol. The Kier molecular flexibility index (Phi) is 5.02. The van der Waals surface area contributed by atoms with Crippen LogP contribution in [-0.4, -0.2) is 38.7 Å². The summed E-state index contributed by atoms with van der Waals surface area (Å²) in [4.78, 5) is 14.7. The summed E-state index contributed by atoms with van der Waals surface area (Å²) >= 11 is 13.4. The molecule has 0 aliphatic carbocycles. The summed E-state index contributed by atoms with van der Waals surface area (Å²) in [5, 5.41) is 8.89. The van der Waals surface area contributed by atoms with Crippen molar-refractivity contribution in [2.24, 2.45) is 0 Å². The average molecular weight is 399 g/mol. The standard InChI is InChI=1S/C17H20Cl2N4OS/c18-13-9-12(15(19)25-13)17(24)22-7-4-5-11(10-22)16-21-20-14-6-2-1-3-8-23(14)16/h9,11H,1-8,10H2. The highest BCUT2D eigenvalue weighted by molar-refractivity contribution is 7.20. The van der Waals surface area contributed by atoms with Crippen LogP contribution in [0.15, 0.2) is 6.07 Å². The lowest BCUT2D eigenvalue weighted by atomic mass is 9.96. The molecule has 5 nitrogen and oxygen atoms in total. The van der Waals surface area contributed by atoms with Gasteiger partial charge in [0.05, 0.1) is 9.90 Å². The van der Waals surface area contributed by atoms with E-state index < -0.39 is 0 Å². The number of aromatic nitrogens is 3. The molecule has 1 fully saturated rings. The summed E-state index contributed by atoms with van der Waals surface area (Å²) in [5.74, 6) is 2.35. The predicted molar refractivity (Wildman–Crippen MR) is 99.8 cm³/mol. The van der Waals surface area contributed by atoms with Gasteiger partial charge in [-0.25, -0.2) is 0 Å². The lowest BCUT2D eigenvalue weighted by molar-refractivity contribution is 0.0704. The van der Waals surface area contributed by atoms with Crippen LogP contribution in [0.1, 0.15) is 60.0 Å². The van der Waals surface area contributed by atoms with Gasteiger partial charge in [-0.1, -0.05) is 29.6 Å². The molecule has 0 N–H and O–H groups in total. The lowest BCUT2D eigenvalue weighted by Crippen LogP contribution is -2.39. The number of carbonyl (C=O) groups excluding carboxylic acids is 1. The highest BCUT2D eigenvalue weighted by Gasteiger charge is 2.31. The number of rotatable bonds is 2. The first-order valence-electron chi connectivity index (χ1n) is 8.79. The predicted octanol–water partition coefficient (Wildman–Crippen LogP) is 4.39. The van der Waals surface area contributed by atoms with Gasteiger partial charge >= 0.3 is 0 Å². The Morgan fingerprint density at radius 3 is 2.84 bits per heavy atom. The minimum Gasteiger partial charge on any atom is -0.338 e. The van der Waals surface area contributed by atoms with Crippen molar-refractivity contribution < 1.29 is 4.79 Å². The maximum absolute atomic E-state index is 12.8. The molecule has 2 aliphatic rings. The molecule has 1 saturated heterocycles. The molecule has 2 aromatic heterocycles. The van der Waals surface area contributed by atoms with Crippen molar-refractivity contribution in [3.8, 4) is 0 Å². The molecule has 2 aliphatic heterocycles. The van der Waals surface area contributed by atoms with Gasteiger partial charge in [0.15, 0.2) is 0 Å². The van der Waals surface area contributed by atoms with E-state index in [1.54, 1.807) is 6.07 Å². The quantitative estimate of drug-likeness (QED) is 0.753. The first kappa shape index (κ1) is 17.3.